The number of halogens is 2. The Labute approximate surface area is 114 Å². The largest absolute Gasteiger partial charge is 0.360 e. The molecule has 20 heavy (non-hydrogen) atoms. The third-order valence-electron chi connectivity index (χ3n) is 3.19. The lowest BCUT2D eigenvalue weighted by Gasteiger charge is -2.02. The van der Waals surface area contributed by atoms with Crippen LogP contribution in [0.15, 0.2) is 42.6 Å². The Morgan fingerprint density at radius 1 is 1.05 bits per heavy atom. The summed E-state index contributed by atoms with van der Waals surface area (Å²) in [5, 5.41) is 0.623. The van der Waals surface area contributed by atoms with E-state index in [2.05, 4.69) is 4.98 Å². The number of rotatable bonds is 2. The Bertz CT molecular complexity index is 800. The number of benzene rings is 2. The highest BCUT2D eigenvalue weighted by atomic mass is 19.1. The number of fused-ring (bicyclic) bond motifs is 1. The molecule has 0 aliphatic heterocycles. The molecule has 0 aliphatic carbocycles. The molecule has 0 saturated heterocycles. The van der Waals surface area contributed by atoms with Crippen LogP contribution >= 0.6 is 0 Å². The fraction of sp³-hybridized carbons (Fsp3) is 0.0625. The number of hydrogen-bond acceptors (Lipinski definition) is 1. The van der Waals surface area contributed by atoms with Gasteiger partial charge in [0, 0.05) is 28.2 Å². The van der Waals surface area contributed by atoms with Crippen molar-refractivity contribution < 1.29 is 13.6 Å². The van der Waals surface area contributed by atoms with Crippen LogP contribution in [0.5, 0.6) is 0 Å². The van der Waals surface area contributed by atoms with Gasteiger partial charge in [-0.1, -0.05) is 0 Å². The van der Waals surface area contributed by atoms with Crippen LogP contribution in [0, 0.1) is 18.6 Å². The lowest BCUT2D eigenvalue weighted by atomic mass is 10.0. The van der Waals surface area contributed by atoms with E-state index >= 15 is 0 Å². The van der Waals surface area contributed by atoms with Gasteiger partial charge in [0.05, 0.1) is 0 Å². The standard InChI is InChI=1S/C16H11F2NO/c1-9-4-10(6-12(18)5-9)16(20)14-8-19-15-7-11(17)2-3-13(14)15/h2-8,19H,1H3. The molecule has 0 aliphatic rings. The minimum absolute atomic E-state index is 0.285. The molecule has 2 nitrogen and oxygen atoms in total. The van der Waals surface area contributed by atoms with Crippen LogP contribution in [0.3, 0.4) is 0 Å². The molecule has 0 saturated carbocycles. The van der Waals surface area contributed by atoms with Gasteiger partial charge in [-0.2, -0.15) is 0 Å². The van der Waals surface area contributed by atoms with Gasteiger partial charge < -0.3 is 4.98 Å². The minimum atomic E-state index is -0.445. The number of aromatic nitrogens is 1. The zero-order valence-electron chi connectivity index (χ0n) is 10.7. The summed E-state index contributed by atoms with van der Waals surface area (Å²) < 4.78 is 26.5. The molecule has 0 unspecified atom stereocenters. The molecule has 100 valence electrons. The van der Waals surface area contributed by atoms with Crippen LogP contribution < -0.4 is 0 Å². The van der Waals surface area contributed by atoms with Crippen LogP contribution in [0.4, 0.5) is 8.78 Å². The molecule has 1 heterocycles. The number of aromatic amines is 1. The van der Waals surface area contributed by atoms with E-state index in [9.17, 15) is 13.6 Å². The van der Waals surface area contributed by atoms with Crippen LogP contribution in [0.1, 0.15) is 21.5 Å². The molecule has 0 spiro atoms. The molecule has 3 rings (SSSR count). The van der Waals surface area contributed by atoms with Crippen molar-refractivity contribution in [1.82, 2.24) is 4.98 Å². The van der Waals surface area contributed by atoms with Crippen molar-refractivity contribution >= 4 is 16.7 Å². The zero-order chi connectivity index (χ0) is 14.3. The van der Waals surface area contributed by atoms with Gasteiger partial charge in [-0.05, 0) is 48.9 Å². The number of hydrogen-bond donors (Lipinski definition) is 1. The molecule has 0 amide bonds. The average molecular weight is 271 g/mol. The van der Waals surface area contributed by atoms with Crippen molar-refractivity contribution in [2.24, 2.45) is 0 Å². The van der Waals surface area contributed by atoms with Crippen molar-refractivity contribution in [3.05, 3.63) is 70.9 Å². The molecule has 3 aromatic rings. The Hall–Kier alpha value is -2.49. The van der Waals surface area contributed by atoms with Crippen LogP contribution in [-0.2, 0) is 0 Å². The summed E-state index contributed by atoms with van der Waals surface area (Å²) in [5.41, 5.74) is 1.92. The lowest BCUT2D eigenvalue weighted by Crippen LogP contribution is -2.01. The topological polar surface area (TPSA) is 32.9 Å². The van der Waals surface area contributed by atoms with Crippen LogP contribution in [-0.4, -0.2) is 10.8 Å². The Balaban J connectivity index is 2.12. The van der Waals surface area contributed by atoms with E-state index < -0.39 is 5.82 Å². The van der Waals surface area contributed by atoms with E-state index in [-0.39, 0.29) is 17.2 Å². The number of aryl methyl sites for hydroxylation is 1. The summed E-state index contributed by atoms with van der Waals surface area (Å²) in [6, 6.07) is 8.36. The predicted molar refractivity (Wildman–Crippen MR) is 72.8 cm³/mol. The summed E-state index contributed by atoms with van der Waals surface area (Å²) in [6.45, 7) is 1.73. The predicted octanol–water partition coefficient (Wildman–Crippen LogP) is 3.99. The second kappa shape index (κ2) is 4.56. The quantitative estimate of drug-likeness (QED) is 0.702. The first kappa shape index (κ1) is 12.5. The van der Waals surface area contributed by atoms with Crippen molar-refractivity contribution in [2.75, 3.05) is 0 Å². The fourth-order valence-electron chi connectivity index (χ4n) is 2.31. The van der Waals surface area contributed by atoms with Gasteiger partial charge in [0.1, 0.15) is 11.6 Å². The third kappa shape index (κ3) is 2.09. The highest BCUT2D eigenvalue weighted by Gasteiger charge is 2.15. The van der Waals surface area contributed by atoms with E-state index in [4.69, 9.17) is 0 Å². The summed E-state index contributed by atoms with van der Waals surface area (Å²) in [7, 11) is 0. The molecule has 4 heteroatoms. The number of nitrogens with one attached hydrogen (secondary N) is 1. The number of H-pyrrole nitrogens is 1. The summed E-state index contributed by atoms with van der Waals surface area (Å²) in [5.74, 6) is -1.11. The van der Waals surface area contributed by atoms with Gasteiger partial charge in [0.2, 0.25) is 0 Å². The van der Waals surface area contributed by atoms with Crippen molar-refractivity contribution in [1.29, 1.82) is 0 Å². The average Bonchev–Trinajstić information content (AvgIpc) is 2.79. The highest BCUT2D eigenvalue weighted by molar-refractivity contribution is 6.16. The van der Waals surface area contributed by atoms with E-state index in [1.807, 2.05) is 0 Å². The second-order valence-electron chi connectivity index (χ2n) is 4.74. The molecule has 1 aromatic heterocycles. The molecule has 0 fully saturated rings. The first-order valence-corrected chi connectivity index (χ1v) is 6.13. The highest BCUT2D eigenvalue weighted by Crippen LogP contribution is 2.22. The molecule has 0 bridgehead atoms. The zero-order valence-corrected chi connectivity index (χ0v) is 10.7. The lowest BCUT2D eigenvalue weighted by molar-refractivity contribution is 0.104. The number of carbonyl (C=O) groups is 1. The summed E-state index contributed by atoms with van der Waals surface area (Å²) in [6.07, 6.45) is 1.52. The molecule has 1 N–H and O–H groups in total. The van der Waals surface area contributed by atoms with E-state index in [1.165, 1.54) is 30.5 Å². The Morgan fingerprint density at radius 2 is 1.85 bits per heavy atom. The van der Waals surface area contributed by atoms with Crippen molar-refractivity contribution in [3.63, 3.8) is 0 Å². The maximum Gasteiger partial charge on any atom is 0.195 e. The van der Waals surface area contributed by atoms with Gasteiger partial charge in [-0.25, -0.2) is 8.78 Å². The van der Waals surface area contributed by atoms with E-state index in [0.29, 0.717) is 22.0 Å². The smallest absolute Gasteiger partial charge is 0.195 e. The monoisotopic (exact) mass is 271 g/mol. The maximum absolute atomic E-state index is 13.4. The third-order valence-corrected chi connectivity index (χ3v) is 3.19. The van der Waals surface area contributed by atoms with Crippen LogP contribution in [0.2, 0.25) is 0 Å². The molecule has 2 aromatic carbocycles. The van der Waals surface area contributed by atoms with E-state index in [0.717, 1.165) is 0 Å². The van der Waals surface area contributed by atoms with Gasteiger partial charge in [0.15, 0.2) is 5.78 Å². The van der Waals surface area contributed by atoms with Gasteiger partial charge in [-0.15, -0.1) is 0 Å². The summed E-state index contributed by atoms with van der Waals surface area (Å²) in [4.78, 5) is 15.3. The number of ketones is 1. The molecular formula is C16H11F2NO. The Kier molecular flexibility index (Phi) is 2.86. The number of carbonyl (C=O) groups excluding carboxylic acids is 1. The maximum atomic E-state index is 13.4. The fourth-order valence-corrected chi connectivity index (χ4v) is 2.31. The van der Waals surface area contributed by atoms with Gasteiger partial charge in [0.25, 0.3) is 0 Å². The normalized spacial score (nSPS) is 10.9. The second-order valence-corrected chi connectivity index (χ2v) is 4.74. The SMILES string of the molecule is Cc1cc(F)cc(C(=O)c2c[nH]c3cc(F)ccc23)c1. The van der Waals surface area contributed by atoms with Gasteiger partial charge >= 0.3 is 0 Å². The molecule has 0 radical (unpaired) electrons. The van der Waals surface area contributed by atoms with Crippen LogP contribution in [0.25, 0.3) is 10.9 Å². The van der Waals surface area contributed by atoms with Crippen molar-refractivity contribution in [2.45, 2.75) is 6.92 Å². The Morgan fingerprint density at radius 3 is 2.60 bits per heavy atom. The molecule has 0 atom stereocenters. The minimum Gasteiger partial charge on any atom is -0.360 e. The summed E-state index contributed by atoms with van der Waals surface area (Å²) >= 11 is 0. The van der Waals surface area contributed by atoms with E-state index in [1.54, 1.807) is 19.1 Å². The first-order valence-electron chi connectivity index (χ1n) is 6.13. The van der Waals surface area contributed by atoms with Gasteiger partial charge in [-0.3, -0.25) is 4.79 Å². The molecular weight excluding hydrogens is 260 g/mol. The first-order chi connectivity index (χ1) is 9.54. The van der Waals surface area contributed by atoms with Crippen molar-refractivity contribution in [3.8, 4) is 0 Å².